The highest BCUT2D eigenvalue weighted by Crippen LogP contribution is 2.45. The number of methoxy groups -OCH3 is 1. The lowest BCUT2D eigenvalue weighted by atomic mass is 9.81. The average molecular weight is 547 g/mol. The van der Waals surface area contributed by atoms with E-state index in [2.05, 4.69) is 9.97 Å². The molecule has 0 radical (unpaired) electrons. The molecule has 8 nitrogen and oxygen atoms in total. The van der Waals surface area contributed by atoms with Crippen LogP contribution in [0.2, 0.25) is 0 Å². The van der Waals surface area contributed by atoms with E-state index < -0.39 is 17.9 Å². The summed E-state index contributed by atoms with van der Waals surface area (Å²) in [6.45, 7) is 0.331. The summed E-state index contributed by atoms with van der Waals surface area (Å²) in [5.74, 6) is -2.12. The van der Waals surface area contributed by atoms with E-state index in [1.807, 2.05) is 72.8 Å². The Morgan fingerprint density at radius 3 is 1.78 bits per heavy atom. The molecule has 0 unspecified atom stereocenters. The zero-order valence-electron chi connectivity index (χ0n) is 22.0. The molecule has 0 aliphatic heterocycles. The predicted octanol–water partition coefficient (Wildman–Crippen LogP) is 6.81. The first-order valence-electron chi connectivity index (χ1n) is 13.0. The highest BCUT2D eigenvalue weighted by Gasteiger charge is 2.33. The molecule has 0 spiro atoms. The van der Waals surface area contributed by atoms with Crippen LogP contribution >= 0.6 is 0 Å². The standard InChI is InChI=1S/C33H26N2O6/c1-40-26-17-20(15-16-25(26)41-18-19-9-3-2-4-10-19)27(28-21-11-5-7-13-23(21)34-30(28)32(36)37)29-22-12-6-8-14-24(22)35-31(29)33(38)39/h2-17,27,34-35H,18H2,1H3,(H,36,37)(H,38,39). The number of aromatic amines is 2. The maximum Gasteiger partial charge on any atom is 0.352 e. The average Bonchev–Trinajstić information content (AvgIpc) is 3.57. The van der Waals surface area contributed by atoms with Crippen LogP contribution in [0.5, 0.6) is 11.5 Å². The van der Waals surface area contributed by atoms with Crippen molar-refractivity contribution in [1.82, 2.24) is 9.97 Å². The molecule has 6 aromatic rings. The van der Waals surface area contributed by atoms with Crippen LogP contribution in [0.25, 0.3) is 21.8 Å². The van der Waals surface area contributed by atoms with E-state index >= 15 is 0 Å². The number of para-hydroxylation sites is 2. The fraction of sp³-hybridized carbons (Fsp3) is 0.0909. The summed E-state index contributed by atoms with van der Waals surface area (Å²) < 4.78 is 11.8. The first kappa shape index (κ1) is 25.8. The Labute approximate surface area is 234 Å². The number of aromatic carboxylic acids is 2. The maximum atomic E-state index is 12.6. The van der Waals surface area contributed by atoms with E-state index in [1.165, 1.54) is 7.11 Å². The van der Waals surface area contributed by atoms with E-state index in [1.54, 1.807) is 24.3 Å². The van der Waals surface area contributed by atoms with Gasteiger partial charge in [-0.05, 0) is 35.4 Å². The van der Waals surface area contributed by atoms with E-state index in [0.717, 1.165) is 5.56 Å². The lowest BCUT2D eigenvalue weighted by molar-refractivity contribution is 0.0681. The lowest BCUT2D eigenvalue weighted by Crippen LogP contribution is -2.13. The zero-order valence-corrected chi connectivity index (χ0v) is 22.0. The Balaban J connectivity index is 1.59. The van der Waals surface area contributed by atoms with Crippen LogP contribution in [-0.2, 0) is 6.61 Å². The molecular formula is C33H26N2O6. The molecule has 2 heterocycles. The van der Waals surface area contributed by atoms with Gasteiger partial charge in [-0.1, -0.05) is 72.8 Å². The Morgan fingerprint density at radius 1 is 0.707 bits per heavy atom. The minimum absolute atomic E-state index is 0.0128. The Bertz CT molecular complexity index is 1810. The molecule has 0 fully saturated rings. The fourth-order valence-electron chi connectivity index (χ4n) is 5.46. The zero-order chi connectivity index (χ0) is 28.5. The third kappa shape index (κ3) is 4.65. The van der Waals surface area contributed by atoms with Crippen molar-refractivity contribution >= 4 is 33.7 Å². The first-order chi connectivity index (χ1) is 20.0. The highest BCUT2D eigenvalue weighted by atomic mass is 16.5. The summed E-state index contributed by atoms with van der Waals surface area (Å²) in [5.41, 5.74) is 3.80. The van der Waals surface area contributed by atoms with Crippen molar-refractivity contribution in [3.05, 3.63) is 131 Å². The first-order valence-corrected chi connectivity index (χ1v) is 13.0. The van der Waals surface area contributed by atoms with Crippen LogP contribution in [0, 0.1) is 0 Å². The normalized spacial score (nSPS) is 11.3. The SMILES string of the molecule is COc1cc(C(c2c(C(=O)O)[nH]c3ccccc23)c2c(C(=O)O)[nH]c3ccccc23)ccc1OCc1ccccc1. The topological polar surface area (TPSA) is 125 Å². The number of fused-ring (bicyclic) bond motifs is 2. The Kier molecular flexibility index (Phi) is 6.65. The van der Waals surface area contributed by atoms with E-state index in [0.29, 0.717) is 56.6 Å². The second-order valence-electron chi connectivity index (χ2n) is 9.65. The van der Waals surface area contributed by atoms with Crippen LogP contribution in [0.15, 0.2) is 97.1 Å². The number of ether oxygens (including phenoxy) is 2. The smallest absolute Gasteiger partial charge is 0.352 e. The van der Waals surface area contributed by atoms with Crippen LogP contribution < -0.4 is 9.47 Å². The molecule has 0 aliphatic carbocycles. The summed E-state index contributed by atoms with van der Waals surface area (Å²) in [7, 11) is 1.53. The number of benzene rings is 4. The molecule has 4 N–H and O–H groups in total. The van der Waals surface area contributed by atoms with Crippen molar-refractivity contribution in [3.63, 3.8) is 0 Å². The molecular weight excluding hydrogens is 520 g/mol. The van der Waals surface area contributed by atoms with Crippen molar-refractivity contribution in [2.45, 2.75) is 12.5 Å². The molecule has 8 heteroatoms. The van der Waals surface area contributed by atoms with Gasteiger partial charge in [0.2, 0.25) is 0 Å². The van der Waals surface area contributed by atoms with Gasteiger partial charge in [-0.2, -0.15) is 0 Å². The van der Waals surface area contributed by atoms with Gasteiger partial charge in [0.15, 0.2) is 11.5 Å². The van der Waals surface area contributed by atoms with Crippen molar-refractivity contribution in [2.75, 3.05) is 7.11 Å². The number of H-pyrrole nitrogens is 2. The third-order valence-corrected chi connectivity index (χ3v) is 7.26. The molecule has 41 heavy (non-hydrogen) atoms. The van der Waals surface area contributed by atoms with Crippen LogP contribution in [0.4, 0.5) is 0 Å². The number of hydrogen-bond acceptors (Lipinski definition) is 4. The van der Waals surface area contributed by atoms with E-state index in [4.69, 9.17) is 9.47 Å². The van der Waals surface area contributed by atoms with Crippen LogP contribution in [-0.4, -0.2) is 39.2 Å². The molecule has 0 saturated carbocycles. The third-order valence-electron chi connectivity index (χ3n) is 7.26. The minimum atomic E-state index is -1.15. The van der Waals surface area contributed by atoms with Gasteiger partial charge in [-0.3, -0.25) is 0 Å². The number of rotatable bonds is 9. The number of carboxylic acid groups (broad SMARTS) is 2. The van der Waals surface area contributed by atoms with Gasteiger partial charge in [0.25, 0.3) is 0 Å². The quantitative estimate of drug-likeness (QED) is 0.158. The molecule has 0 atom stereocenters. The summed E-state index contributed by atoms with van der Waals surface area (Å²) in [5, 5.41) is 21.9. The molecule has 0 saturated heterocycles. The van der Waals surface area contributed by atoms with Gasteiger partial charge in [0.1, 0.15) is 18.0 Å². The van der Waals surface area contributed by atoms with Crippen molar-refractivity contribution in [1.29, 1.82) is 0 Å². The van der Waals surface area contributed by atoms with Gasteiger partial charge in [0.05, 0.1) is 7.11 Å². The van der Waals surface area contributed by atoms with Gasteiger partial charge < -0.3 is 29.7 Å². The molecule has 0 aliphatic rings. The van der Waals surface area contributed by atoms with Crippen molar-refractivity contribution in [2.24, 2.45) is 0 Å². The number of hydrogen-bond donors (Lipinski definition) is 4. The Morgan fingerprint density at radius 2 is 1.24 bits per heavy atom. The second-order valence-corrected chi connectivity index (χ2v) is 9.65. The van der Waals surface area contributed by atoms with Gasteiger partial charge >= 0.3 is 11.9 Å². The molecule has 0 amide bonds. The molecule has 2 aromatic heterocycles. The lowest BCUT2D eigenvalue weighted by Gasteiger charge is -2.21. The molecule has 6 rings (SSSR count). The fourth-order valence-corrected chi connectivity index (χ4v) is 5.46. The molecule has 0 bridgehead atoms. The van der Waals surface area contributed by atoms with Gasteiger partial charge in [-0.15, -0.1) is 0 Å². The number of nitrogens with one attached hydrogen (secondary N) is 2. The van der Waals surface area contributed by atoms with Gasteiger partial charge in [-0.25, -0.2) is 9.59 Å². The number of carbonyl (C=O) groups is 2. The summed E-state index contributed by atoms with van der Waals surface area (Å²) >= 11 is 0. The van der Waals surface area contributed by atoms with Crippen molar-refractivity contribution < 1.29 is 29.3 Å². The van der Waals surface area contributed by atoms with E-state index in [9.17, 15) is 19.8 Å². The molecule has 204 valence electrons. The van der Waals surface area contributed by atoms with Gasteiger partial charge in [0, 0.05) is 38.9 Å². The summed E-state index contributed by atoms with van der Waals surface area (Å²) in [6, 6.07) is 29.7. The maximum absolute atomic E-state index is 12.6. The highest BCUT2D eigenvalue weighted by molar-refractivity contribution is 6.02. The van der Waals surface area contributed by atoms with Crippen molar-refractivity contribution in [3.8, 4) is 11.5 Å². The largest absolute Gasteiger partial charge is 0.493 e. The number of carboxylic acids is 2. The van der Waals surface area contributed by atoms with Crippen LogP contribution in [0.1, 0.15) is 49.1 Å². The van der Waals surface area contributed by atoms with E-state index in [-0.39, 0.29) is 11.4 Å². The monoisotopic (exact) mass is 546 g/mol. The molecule has 4 aromatic carbocycles. The second kappa shape index (κ2) is 10.6. The predicted molar refractivity (Wildman–Crippen MR) is 155 cm³/mol. The summed E-state index contributed by atoms with van der Waals surface area (Å²) in [6.07, 6.45) is 0. The summed E-state index contributed by atoms with van der Waals surface area (Å²) in [4.78, 5) is 31.2. The minimum Gasteiger partial charge on any atom is -0.493 e. The Hall–Kier alpha value is -5.50. The van der Waals surface area contributed by atoms with Crippen LogP contribution in [0.3, 0.4) is 0 Å². The number of aromatic nitrogens is 2.